The highest BCUT2D eigenvalue weighted by Crippen LogP contribution is 2.36. The van der Waals surface area contributed by atoms with Crippen LogP contribution in [0.5, 0.6) is 34.5 Å². The number of sulfonamides is 2. The first-order chi connectivity index (χ1) is 42.6. The number of aliphatic hydroxyl groups is 1. The Labute approximate surface area is 502 Å². The molecule has 2 aliphatic heterocycles. The Bertz CT molecular complexity index is 4770. The van der Waals surface area contributed by atoms with E-state index in [0.29, 0.717) is 59.6 Å². The topological polar surface area (TPSA) is 331 Å². The number of aromatic hydroxyl groups is 2. The van der Waals surface area contributed by atoms with Gasteiger partial charge < -0.3 is 50.2 Å². The van der Waals surface area contributed by atoms with Crippen LogP contribution in [-0.4, -0.2) is 95.1 Å². The minimum Gasteiger partial charge on any atom is -0.504 e. The van der Waals surface area contributed by atoms with Gasteiger partial charge in [-0.25, -0.2) is 51.9 Å². The Morgan fingerprint density at radius 1 is 0.489 bits per heavy atom. The molecule has 25 nitrogen and oxygen atoms in total. The lowest BCUT2D eigenvalue weighted by molar-refractivity contribution is 0.173. The van der Waals surface area contributed by atoms with Crippen molar-refractivity contribution < 1.29 is 51.1 Å². The second-order valence-electron chi connectivity index (χ2n) is 20.0. The van der Waals surface area contributed by atoms with E-state index in [1.54, 1.807) is 73.6 Å². The van der Waals surface area contributed by atoms with Crippen molar-refractivity contribution in [2.45, 2.75) is 31.1 Å². The number of ether oxygens (including phenoxy) is 4. The number of aliphatic hydroxyl groups excluding tert-OH is 1. The first kappa shape index (κ1) is 57.4. The van der Waals surface area contributed by atoms with Gasteiger partial charge in [-0.3, -0.25) is 17.9 Å². The van der Waals surface area contributed by atoms with E-state index in [0.717, 1.165) is 85.4 Å². The maximum Gasteiger partial charge on any atom is 0.238 e. The maximum atomic E-state index is 11.5. The zero-order valence-electron chi connectivity index (χ0n) is 46.6. The zero-order chi connectivity index (χ0) is 60.9. The van der Waals surface area contributed by atoms with Gasteiger partial charge in [-0.05, 0) is 89.0 Å². The van der Waals surface area contributed by atoms with Gasteiger partial charge in [-0.15, -0.1) is 0 Å². The third-order valence-corrected chi connectivity index (χ3v) is 15.5. The smallest absolute Gasteiger partial charge is 0.238 e. The number of rotatable bonds is 16. The maximum absolute atomic E-state index is 11.5. The van der Waals surface area contributed by atoms with Crippen LogP contribution >= 0.6 is 0 Å². The highest BCUT2D eigenvalue weighted by molar-refractivity contribution is 7.92. The molecule has 0 radical (unpaired) electrons. The van der Waals surface area contributed by atoms with Crippen LogP contribution in [0.2, 0.25) is 0 Å². The van der Waals surface area contributed by atoms with Crippen molar-refractivity contribution in [3.63, 3.8) is 0 Å². The predicted octanol–water partition coefficient (Wildman–Crippen LogP) is 8.41. The second-order valence-corrected chi connectivity index (χ2v) is 23.3. The van der Waals surface area contributed by atoms with E-state index in [4.69, 9.17) is 24.1 Å². The number of phenolic OH excluding ortho intramolecular Hbond substituents is 2. The Morgan fingerprint density at radius 3 is 1.41 bits per heavy atom. The van der Waals surface area contributed by atoms with Crippen LogP contribution < -0.4 is 44.8 Å². The number of hydrogen-bond donors (Lipinski definition) is 8. The summed E-state index contributed by atoms with van der Waals surface area (Å²) in [5, 5.41) is 43.4. The number of benzene rings is 6. The minimum absolute atomic E-state index is 0.0330. The van der Waals surface area contributed by atoms with Crippen molar-refractivity contribution in [2.24, 2.45) is 5.14 Å². The van der Waals surface area contributed by atoms with E-state index in [1.807, 2.05) is 98.5 Å². The number of nitrogens with zero attached hydrogens (tertiary/aromatic N) is 9. The van der Waals surface area contributed by atoms with Crippen LogP contribution in [0.1, 0.15) is 22.3 Å². The van der Waals surface area contributed by atoms with Crippen LogP contribution in [0.15, 0.2) is 188 Å². The molecule has 446 valence electrons. The van der Waals surface area contributed by atoms with Crippen molar-refractivity contribution in [1.29, 1.82) is 0 Å². The number of fused-ring (bicyclic) bond motifs is 5. The van der Waals surface area contributed by atoms with Crippen molar-refractivity contribution in [3.8, 4) is 68.3 Å². The van der Waals surface area contributed by atoms with Gasteiger partial charge in [-0.2, -0.15) is 0 Å². The summed E-state index contributed by atoms with van der Waals surface area (Å²) < 4.78 is 75.6. The Hall–Kier alpha value is -11.0. The molecule has 0 spiro atoms. The molecule has 88 heavy (non-hydrogen) atoms. The van der Waals surface area contributed by atoms with Crippen LogP contribution in [0.25, 0.3) is 50.7 Å². The first-order valence-corrected chi connectivity index (χ1v) is 30.4. The fraction of sp³-hybridized carbons (Fsp3) is 0.115. The van der Waals surface area contributed by atoms with E-state index in [9.17, 15) is 32.2 Å². The Balaban J connectivity index is 0.000000129. The fourth-order valence-electron chi connectivity index (χ4n) is 9.65. The number of anilines is 4. The van der Waals surface area contributed by atoms with Crippen molar-refractivity contribution in [2.75, 3.05) is 40.5 Å². The number of hydrogen-bond acceptors (Lipinski definition) is 20. The highest BCUT2D eigenvalue weighted by atomic mass is 32.2. The molecule has 9 N–H and O–H groups in total. The van der Waals surface area contributed by atoms with Gasteiger partial charge in [-0.1, -0.05) is 60.7 Å². The summed E-state index contributed by atoms with van der Waals surface area (Å²) in [6.07, 6.45) is 16.9. The first-order valence-electron chi connectivity index (χ1n) is 27.0. The van der Waals surface area contributed by atoms with Gasteiger partial charge in [0.15, 0.2) is 68.9 Å². The summed E-state index contributed by atoms with van der Waals surface area (Å²) in [6, 6.07) is 37.4. The predicted molar refractivity (Wildman–Crippen MR) is 328 cm³/mol. The van der Waals surface area contributed by atoms with Crippen molar-refractivity contribution in [1.82, 2.24) is 43.1 Å². The minimum atomic E-state index is -3.72. The van der Waals surface area contributed by atoms with Crippen LogP contribution in [-0.2, 0) is 46.3 Å². The largest absolute Gasteiger partial charge is 0.504 e. The summed E-state index contributed by atoms with van der Waals surface area (Å²) in [6.45, 7) is 2.08. The molecule has 6 aromatic carbocycles. The molecule has 0 saturated heterocycles. The van der Waals surface area contributed by atoms with Gasteiger partial charge >= 0.3 is 0 Å². The average molecular weight is 1220 g/mol. The van der Waals surface area contributed by atoms with E-state index in [1.165, 1.54) is 24.3 Å². The Kier molecular flexibility index (Phi) is 16.0. The lowest BCUT2D eigenvalue weighted by atomic mass is 10.1. The lowest BCUT2D eigenvalue weighted by Crippen LogP contribution is -2.12. The third kappa shape index (κ3) is 12.8. The Morgan fingerprint density at radius 2 is 0.932 bits per heavy atom. The highest BCUT2D eigenvalue weighted by Gasteiger charge is 2.18. The number of nitrogens with one attached hydrogen (secondary N) is 4. The summed E-state index contributed by atoms with van der Waals surface area (Å²) in [5.41, 5.74) is 11.4. The van der Waals surface area contributed by atoms with E-state index >= 15 is 0 Å². The molecule has 6 aromatic heterocycles. The number of imidazole rings is 3. The SMILES string of the molecule is CS(=O)(=O)Nc1cccc(-c2cnc3c(NCc4ccc5c(c4)OCO5)nccn23)c1.NS(=O)(=O)c1ccc(CNc2nccn3c(-c4ccc(O)c(O)c4)cnc23)cc1.OCc1ccc(-c2cnc3c(NCc4ccc5c(c4)OCO5)nccn23)cc1. The van der Waals surface area contributed by atoms with Crippen LogP contribution in [0.4, 0.5) is 23.1 Å². The van der Waals surface area contributed by atoms with Gasteiger partial charge in [0, 0.05) is 79.2 Å². The van der Waals surface area contributed by atoms with E-state index in [-0.39, 0.29) is 36.6 Å². The molecule has 0 aliphatic carbocycles. The van der Waals surface area contributed by atoms with Gasteiger partial charge in [0.25, 0.3) is 0 Å². The average Bonchev–Trinajstić information content (AvgIpc) is 2.61. The van der Waals surface area contributed by atoms with E-state index in [2.05, 4.69) is 50.6 Å². The molecule has 8 heterocycles. The number of phenols is 2. The summed E-state index contributed by atoms with van der Waals surface area (Å²) in [7, 11) is -7.08. The fourth-order valence-corrected chi connectivity index (χ4v) is 10.7. The summed E-state index contributed by atoms with van der Waals surface area (Å²) >= 11 is 0. The molecule has 0 saturated carbocycles. The molecule has 0 atom stereocenters. The molecule has 0 amide bonds. The monoisotopic (exact) mass is 1220 g/mol. The lowest BCUT2D eigenvalue weighted by Gasteiger charge is -2.09. The molecular weight excluding hydrogens is 1170 g/mol. The molecule has 0 fully saturated rings. The van der Waals surface area contributed by atoms with E-state index < -0.39 is 20.0 Å². The van der Waals surface area contributed by atoms with Gasteiger partial charge in [0.2, 0.25) is 33.6 Å². The normalized spacial score (nSPS) is 12.3. The molecule has 0 unspecified atom stereocenters. The molecule has 2 aliphatic rings. The molecule has 14 rings (SSSR count). The second kappa shape index (κ2) is 24.5. The number of primary sulfonamides is 1. The van der Waals surface area contributed by atoms with Crippen molar-refractivity contribution >= 4 is 60.1 Å². The molecule has 27 heteroatoms. The quantitative estimate of drug-likeness (QED) is 0.0421. The van der Waals surface area contributed by atoms with Gasteiger partial charge in [0.05, 0.1) is 53.4 Å². The molecule has 0 bridgehead atoms. The standard InChI is InChI=1S/C21H19N5O4S.C21H18N4O3.C19H17N5O4S/c1-31(27,28)25-16-4-2-3-15(10-16)17-12-24-21-20(22-7-8-26(17)21)23-11-14-5-6-18-19(9-14)30-13-29-18;26-12-14-1-4-16(5-2-14)17-11-24-21-20(22-7-8-25(17)21)23-10-15-3-6-18-19(9-15)28-13-27-18;20-29(27,28)14-4-1-12(2-5-14)10-22-18-19-23-11-15(24(19)8-7-21-18)13-3-6-16(25)17(26)9-13/h2-10,12,25H,11,13H2,1H3,(H,22,23);1-9,11,26H,10,12-13H2,(H,22,23);1-9,11,25-26H,10H2,(H,21,22)(H2,20,27,28). The summed E-state index contributed by atoms with van der Waals surface area (Å²) in [5.74, 6) is 4.49. The number of aromatic nitrogens is 9. The molecular formula is C61H54N14O11S2. The van der Waals surface area contributed by atoms with Crippen molar-refractivity contribution in [3.05, 3.63) is 205 Å². The van der Waals surface area contributed by atoms with Crippen LogP contribution in [0, 0.1) is 0 Å². The number of nitrogens with two attached hydrogens (primary N) is 1. The zero-order valence-corrected chi connectivity index (χ0v) is 48.2. The molecule has 12 aromatic rings. The summed E-state index contributed by atoms with van der Waals surface area (Å²) in [4.78, 5) is 26.7. The van der Waals surface area contributed by atoms with Gasteiger partial charge in [0.1, 0.15) is 0 Å². The van der Waals surface area contributed by atoms with Crippen LogP contribution in [0.3, 0.4) is 0 Å². The third-order valence-electron chi connectivity index (χ3n) is 14.0.